The zero-order valence-electron chi connectivity index (χ0n) is 19.2. The van der Waals surface area contributed by atoms with Gasteiger partial charge in [0.15, 0.2) is 11.5 Å². The molecule has 2 fully saturated rings. The van der Waals surface area contributed by atoms with E-state index in [4.69, 9.17) is 27.9 Å². The SMILES string of the molecule is CN1CC[C@]23c4c5ccc(O)c4O[C@H]2[C@H](N(C)C(=O)Cc2ccc(Cl)c(Cl)c2)CC[C@@]3(O)[C@H]1C5. The predicted molar refractivity (Wildman–Crippen MR) is 130 cm³/mol. The topological polar surface area (TPSA) is 73.2 Å². The minimum absolute atomic E-state index is 0.0199. The number of piperidine rings is 1. The van der Waals surface area contributed by atoms with Crippen molar-refractivity contribution < 1.29 is 19.7 Å². The largest absolute Gasteiger partial charge is 0.504 e. The van der Waals surface area contributed by atoms with Crippen molar-refractivity contribution in [2.45, 2.75) is 61.3 Å². The first-order chi connectivity index (χ1) is 16.2. The zero-order valence-corrected chi connectivity index (χ0v) is 20.7. The van der Waals surface area contributed by atoms with Crippen LogP contribution in [0.3, 0.4) is 0 Å². The van der Waals surface area contributed by atoms with Gasteiger partial charge in [-0.05, 0) is 68.6 Å². The number of hydrogen-bond acceptors (Lipinski definition) is 5. The Morgan fingerprint density at radius 2 is 2.03 bits per heavy atom. The minimum atomic E-state index is -0.971. The van der Waals surface area contributed by atoms with Crippen LogP contribution >= 0.6 is 23.2 Å². The molecule has 2 N–H and O–H groups in total. The monoisotopic (exact) mass is 502 g/mol. The van der Waals surface area contributed by atoms with Crippen molar-refractivity contribution in [3.05, 3.63) is 57.1 Å². The third-order valence-electron chi connectivity index (χ3n) is 8.93. The van der Waals surface area contributed by atoms with Gasteiger partial charge in [0.25, 0.3) is 0 Å². The summed E-state index contributed by atoms with van der Waals surface area (Å²) in [5.74, 6) is 0.543. The van der Waals surface area contributed by atoms with E-state index < -0.39 is 17.1 Å². The number of nitrogens with zero attached hydrogens (tertiary/aromatic N) is 2. The lowest BCUT2D eigenvalue weighted by atomic mass is 9.48. The fraction of sp³-hybridized carbons (Fsp3) is 0.500. The normalized spacial score (nSPS) is 33.3. The molecule has 0 unspecified atom stereocenters. The molecule has 0 aromatic heterocycles. The summed E-state index contributed by atoms with van der Waals surface area (Å²) in [6.07, 6.45) is 2.42. The Morgan fingerprint density at radius 3 is 2.79 bits per heavy atom. The average Bonchev–Trinajstić information content (AvgIpc) is 3.16. The van der Waals surface area contributed by atoms with Crippen molar-refractivity contribution in [1.29, 1.82) is 0 Å². The lowest BCUT2D eigenvalue weighted by Gasteiger charge is -2.64. The summed E-state index contributed by atoms with van der Waals surface area (Å²) in [5, 5.41) is 23.9. The van der Waals surface area contributed by atoms with Crippen LogP contribution in [-0.4, -0.2) is 70.3 Å². The number of aliphatic hydroxyl groups is 1. The van der Waals surface area contributed by atoms with Crippen LogP contribution in [0.15, 0.2) is 30.3 Å². The molecule has 0 radical (unpaired) electrons. The number of likely N-dealkylation sites (tertiary alicyclic amines) is 1. The van der Waals surface area contributed by atoms with Crippen LogP contribution in [0.1, 0.15) is 36.0 Å². The summed E-state index contributed by atoms with van der Waals surface area (Å²) in [4.78, 5) is 17.4. The van der Waals surface area contributed by atoms with E-state index in [1.165, 1.54) is 0 Å². The number of halogens is 2. The van der Waals surface area contributed by atoms with Crippen molar-refractivity contribution in [2.24, 2.45) is 0 Å². The molecule has 8 heteroatoms. The lowest BCUT2D eigenvalue weighted by Crippen LogP contribution is -2.77. The molecule has 2 aromatic rings. The maximum Gasteiger partial charge on any atom is 0.227 e. The molecule has 6 rings (SSSR count). The number of amides is 1. The van der Waals surface area contributed by atoms with Gasteiger partial charge < -0.3 is 24.7 Å². The number of carbonyl (C=O) groups excluding carboxylic acids is 1. The van der Waals surface area contributed by atoms with Gasteiger partial charge in [0.2, 0.25) is 5.91 Å². The van der Waals surface area contributed by atoms with Crippen LogP contribution < -0.4 is 4.74 Å². The number of likely N-dealkylation sites (N-methyl/N-ethyl adjacent to an activating group) is 2. The maximum atomic E-state index is 13.4. The minimum Gasteiger partial charge on any atom is -0.504 e. The van der Waals surface area contributed by atoms with Gasteiger partial charge in [-0.25, -0.2) is 0 Å². The Labute approximate surface area is 209 Å². The fourth-order valence-corrected chi connectivity index (χ4v) is 7.58. The van der Waals surface area contributed by atoms with Crippen molar-refractivity contribution in [2.75, 3.05) is 20.6 Å². The van der Waals surface area contributed by atoms with Gasteiger partial charge in [0.05, 0.1) is 33.5 Å². The summed E-state index contributed by atoms with van der Waals surface area (Å²) in [5.41, 5.74) is 1.26. The number of carbonyl (C=O) groups is 1. The third kappa shape index (κ3) is 2.80. The third-order valence-corrected chi connectivity index (χ3v) is 9.67. The van der Waals surface area contributed by atoms with Crippen molar-refractivity contribution in [3.63, 3.8) is 0 Å². The summed E-state index contributed by atoms with van der Waals surface area (Å²) < 4.78 is 6.52. The van der Waals surface area contributed by atoms with Gasteiger partial charge in [-0.3, -0.25) is 4.79 Å². The maximum absolute atomic E-state index is 13.4. The van der Waals surface area contributed by atoms with E-state index in [-0.39, 0.29) is 30.2 Å². The Hall–Kier alpha value is -1.99. The highest BCUT2D eigenvalue weighted by molar-refractivity contribution is 6.42. The van der Waals surface area contributed by atoms with E-state index >= 15 is 0 Å². The van der Waals surface area contributed by atoms with Crippen molar-refractivity contribution >= 4 is 29.1 Å². The molecule has 2 aliphatic heterocycles. The molecule has 1 saturated carbocycles. The summed E-state index contributed by atoms with van der Waals surface area (Å²) in [7, 11) is 3.89. The van der Waals surface area contributed by atoms with Gasteiger partial charge in [-0.1, -0.05) is 35.3 Å². The number of phenols is 1. The highest BCUT2D eigenvalue weighted by Crippen LogP contribution is 2.65. The molecular weight excluding hydrogens is 475 g/mol. The first-order valence-corrected chi connectivity index (χ1v) is 12.6. The van der Waals surface area contributed by atoms with Crippen molar-refractivity contribution in [3.8, 4) is 11.5 Å². The standard InChI is InChI=1S/C26H28Cl2N2O4/c1-29-10-9-25-22-15-4-6-19(31)23(22)34-24(25)18(7-8-26(25,33)20(29)13-15)30(2)21(32)12-14-3-5-16(27)17(28)11-14/h3-6,11,18,20,24,31,33H,7-10,12-13H2,1-2H3/t18-,20-,24+,25+,26-/m1/s1. The number of rotatable bonds is 3. The second-order valence-electron chi connectivity index (χ2n) is 10.4. The molecule has 34 heavy (non-hydrogen) atoms. The molecule has 1 amide bonds. The van der Waals surface area contributed by atoms with Crippen LogP contribution in [0.5, 0.6) is 11.5 Å². The summed E-state index contributed by atoms with van der Waals surface area (Å²) in [6.45, 7) is 0.828. The van der Waals surface area contributed by atoms with Crippen LogP contribution in [0, 0.1) is 0 Å². The van der Waals surface area contributed by atoms with E-state index in [0.29, 0.717) is 28.6 Å². The van der Waals surface area contributed by atoms with E-state index in [1.54, 1.807) is 23.1 Å². The molecular formula is C26H28Cl2N2O4. The molecule has 180 valence electrons. The smallest absolute Gasteiger partial charge is 0.227 e. The molecule has 5 atom stereocenters. The Bertz CT molecular complexity index is 1210. The van der Waals surface area contributed by atoms with Gasteiger partial charge >= 0.3 is 0 Å². The number of ether oxygens (including phenoxy) is 1. The number of hydrogen-bond donors (Lipinski definition) is 2. The van der Waals surface area contributed by atoms with Gasteiger partial charge in [0, 0.05) is 18.7 Å². The Kier molecular flexibility index (Phi) is 4.96. The number of aromatic hydroxyl groups is 1. The van der Waals surface area contributed by atoms with Crippen LogP contribution in [0.4, 0.5) is 0 Å². The fourth-order valence-electron chi connectivity index (χ4n) is 7.26. The molecule has 2 bridgehead atoms. The van der Waals surface area contributed by atoms with Crippen molar-refractivity contribution in [1.82, 2.24) is 9.80 Å². The summed E-state index contributed by atoms with van der Waals surface area (Å²) in [6, 6.07) is 8.65. The molecule has 6 nitrogen and oxygen atoms in total. The second kappa shape index (κ2) is 7.50. The van der Waals surface area contributed by atoms with E-state index in [0.717, 1.165) is 36.1 Å². The average molecular weight is 503 g/mol. The molecule has 1 spiro atoms. The highest BCUT2D eigenvalue weighted by atomic mass is 35.5. The first kappa shape index (κ1) is 22.5. The van der Waals surface area contributed by atoms with E-state index in [1.807, 2.05) is 19.2 Å². The van der Waals surface area contributed by atoms with Crippen LogP contribution in [-0.2, 0) is 23.1 Å². The van der Waals surface area contributed by atoms with E-state index in [2.05, 4.69) is 11.9 Å². The van der Waals surface area contributed by atoms with Gasteiger partial charge in [-0.2, -0.15) is 0 Å². The molecule has 1 saturated heterocycles. The predicted octanol–water partition coefficient (Wildman–Crippen LogP) is 3.55. The first-order valence-electron chi connectivity index (χ1n) is 11.8. The van der Waals surface area contributed by atoms with Crippen LogP contribution in [0.2, 0.25) is 10.0 Å². The Balaban J connectivity index is 1.38. The zero-order chi connectivity index (χ0) is 24.0. The quantitative estimate of drug-likeness (QED) is 0.671. The van der Waals surface area contributed by atoms with Crippen LogP contribution in [0.25, 0.3) is 0 Å². The molecule has 4 aliphatic rings. The van der Waals surface area contributed by atoms with Gasteiger partial charge in [0.1, 0.15) is 6.10 Å². The van der Waals surface area contributed by atoms with Gasteiger partial charge in [-0.15, -0.1) is 0 Å². The Morgan fingerprint density at radius 1 is 1.24 bits per heavy atom. The number of benzene rings is 2. The highest BCUT2D eigenvalue weighted by Gasteiger charge is 2.73. The second-order valence-corrected chi connectivity index (χ2v) is 11.2. The molecule has 2 aliphatic carbocycles. The molecule has 2 aromatic carbocycles. The van der Waals surface area contributed by atoms with E-state index in [9.17, 15) is 15.0 Å². The summed E-state index contributed by atoms with van der Waals surface area (Å²) >= 11 is 12.2. The molecule has 2 heterocycles. The number of phenolic OH excluding ortho intramolecular Hbond substituents is 1. The lowest BCUT2D eigenvalue weighted by molar-refractivity contribution is -0.196.